The predicted molar refractivity (Wildman–Crippen MR) is 148 cm³/mol. The van der Waals surface area contributed by atoms with Gasteiger partial charge in [-0.05, 0) is 41.5 Å². The molecule has 0 saturated carbocycles. The molecule has 0 aliphatic heterocycles. The molecule has 0 aliphatic carbocycles. The molecule has 0 fully saturated rings. The standard InChI is InChI=1S/C30H20FN7O2/c31-20-8-18(9-21(39)11-20)23-6-7-33-29-27(23)35-30(36-29)28-24-12-25(34-15-26(24)37-38-28)19-10-22(14-32-13-19)40-16-17-4-2-1-3-5-17/h1-15,39H,16H2,(H,37,38)(H,33,35,36). The molecule has 10 heteroatoms. The summed E-state index contributed by atoms with van der Waals surface area (Å²) in [6.45, 7) is 0.432. The third kappa shape index (κ3) is 4.37. The lowest BCUT2D eigenvalue weighted by molar-refractivity contribution is 0.305. The average Bonchev–Trinajstić information content (AvgIpc) is 3.60. The Hall–Kier alpha value is -5.64. The largest absolute Gasteiger partial charge is 0.508 e. The SMILES string of the molecule is Oc1cc(F)cc(-c2ccnc3nc(-c4n[nH]c5cnc(-c6cncc(OCc7ccccc7)c6)cc45)[nH]c23)c1. The molecule has 5 aromatic heterocycles. The Labute approximate surface area is 226 Å². The molecule has 194 valence electrons. The number of fused-ring (bicyclic) bond motifs is 2. The van der Waals surface area contributed by atoms with Gasteiger partial charge in [-0.2, -0.15) is 5.10 Å². The number of phenolic OH excluding ortho intramolecular Hbond substituents is 1. The minimum absolute atomic E-state index is 0.165. The maximum absolute atomic E-state index is 14.0. The molecule has 0 aliphatic rings. The molecule has 5 heterocycles. The van der Waals surface area contributed by atoms with Gasteiger partial charge in [0.1, 0.15) is 29.6 Å². The van der Waals surface area contributed by atoms with Crippen molar-refractivity contribution in [3.05, 3.63) is 103 Å². The summed E-state index contributed by atoms with van der Waals surface area (Å²) in [6.07, 6.45) is 6.70. The maximum Gasteiger partial charge on any atom is 0.178 e. The fourth-order valence-corrected chi connectivity index (χ4v) is 4.63. The summed E-state index contributed by atoms with van der Waals surface area (Å²) in [5.41, 5.74) is 6.04. The molecular formula is C30H20FN7O2. The van der Waals surface area contributed by atoms with Crippen LogP contribution < -0.4 is 4.74 Å². The first-order valence-electron chi connectivity index (χ1n) is 12.4. The van der Waals surface area contributed by atoms with Crippen molar-refractivity contribution in [3.8, 4) is 45.4 Å². The van der Waals surface area contributed by atoms with Crippen LogP contribution in [0.5, 0.6) is 11.5 Å². The zero-order valence-corrected chi connectivity index (χ0v) is 20.8. The number of halogens is 1. The van der Waals surface area contributed by atoms with Crippen molar-refractivity contribution < 1.29 is 14.2 Å². The molecule has 2 aromatic carbocycles. The number of benzene rings is 2. The van der Waals surface area contributed by atoms with Crippen LogP contribution in [0.3, 0.4) is 0 Å². The number of aromatic nitrogens is 7. The number of aromatic amines is 2. The van der Waals surface area contributed by atoms with Crippen LogP contribution in [0, 0.1) is 5.82 Å². The van der Waals surface area contributed by atoms with Crippen molar-refractivity contribution in [2.24, 2.45) is 0 Å². The highest BCUT2D eigenvalue weighted by molar-refractivity contribution is 5.96. The summed E-state index contributed by atoms with van der Waals surface area (Å²) in [4.78, 5) is 21.2. The van der Waals surface area contributed by atoms with E-state index in [0.29, 0.717) is 51.9 Å². The van der Waals surface area contributed by atoms with Gasteiger partial charge in [0.25, 0.3) is 0 Å². The number of ether oxygens (including phenoxy) is 1. The van der Waals surface area contributed by atoms with Crippen LogP contribution in [-0.4, -0.2) is 40.2 Å². The summed E-state index contributed by atoms with van der Waals surface area (Å²) >= 11 is 0. The van der Waals surface area contributed by atoms with Gasteiger partial charge < -0.3 is 14.8 Å². The summed E-state index contributed by atoms with van der Waals surface area (Å²) < 4.78 is 20.0. The van der Waals surface area contributed by atoms with Crippen molar-refractivity contribution >= 4 is 22.1 Å². The number of nitrogens with zero attached hydrogens (tertiary/aromatic N) is 5. The Kier molecular flexibility index (Phi) is 5.63. The van der Waals surface area contributed by atoms with E-state index in [2.05, 4.69) is 35.1 Å². The van der Waals surface area contributed by atoms with E-state index < -0.39 is 5.82 Å². The van der Waals surface area contributed by atoms with E-state index in [0.717, 1.165) is 28.1 Å². The topological polar surface area (TPSA) is 125 Å². The lowest BCUT2D eigenvalue weighted by Gasteiger charge is -2.08. The lowest BCUT2D eigenvalue weighted by Crippen LogP contribution is -1.96. The van der Waals surface area contributed by atoms with Crippen LogP contribution in [0.4, 0.5) is 4.39 Å². The van der Waals surface area contributed by atoms with Crippen LogP contribution in [0.15, 0.2) is 91.5 Å². The molecule has 7 rings (SSSR count). The number of hydrogen-bond acceptors (Lipinski definition) is 7. The predicted octanol–water partition coefficient (Wildman–Crippen LogP) is 6.05. The molecule has 40 heavy (non-hydrogen) atoms. The van der Waals surface area contributed by atoms with Crippen molar-refractivity contribution in [3.63, 3.8) is 0 Å². The Morgan fingerprint density at radius 3 is 2.67 bits per heavy atom. The first-order chi connectivity index (χ1) is 19.6. The van der Waals surface area contributed by atoms with Gasteiger partial charge in [0.15, 0.2) is 11.5 Å². The highest BCUT2D eigenvalue weighted by atomic mass is 19.1. The number of imidazole rings is 1. The van der Waals surface area contributed by atoms with Gasteiger partial charge in [-0.1, -0.05) is 30.3 Å². The van der Waals surface area contributed by atoms with E-state index in [4.69, 9.17) is 4.74 Å². The molecule has 9 nitrogen and oxygen atoms in total. The quantitative estimate of drug-likeness (QED) is 0.239. The summed E-state index contributed by atoms with van der Waals surface area (Å²) in [7, 11) is 0. The summed E-state index contributed by atoms with van der Waals surface area (Å²) in [5, 5.41) is 18.2. The fraction of sp³-hybridized carbons (Fsp3) is 0.0333. The smallest absolute Gasteiger partial charge is 0.178 e. The molecule has 3 N–H and O–H groups in total. The zero-order chi connectivity index (χ0) is 27.1. The van der Waals surface area contributed by atoms with E-state index in [1.807, 2.05) is 42.5 Å². The lowest BCUT2D eigenvalue weighted by atomic mass is 10.1. The number of rotatable bonds is 6. The highest BCUT2D eigenvalue weighted by Gasteiger charge is 2.17. The van der Waals surface area contributed by atoms with Gasteiger partial charge in [-0.25, -0.2) is 14.4 Å². The second-order valence-corrected chi connectivity index (χ2v) is 9.21. The number of H-pyrrole nitrogens is 2. The molecule has 0 radical (unpaired) electrons. The molecule has 0 saturated heterocycles. The zero-order valence-electron chi connectivity index (χ0n) is 20.8. The van der Waals surface area contributed by atoms with Crippen LogP contribution in [-0.2, 0) is 6.61 Å². The van der Waals surface area contributed by atoms with Crippen LogP contribution in [0.1, 0.15) is 5.56 Å². The molecule has 7 aromatic rings. The number of aromatic hydroxyl groups is 1. The molecule has 0 spiro atoms. The summed E-state index contributed by atoms with van der Waals surface area (Å²) in [5.74, 6) is 0.413. The van der Waals surface area contributed by atoms with E-state index in [-0.39, 0.29) is 5.75 Å². The Bertz CT molecular complexity index is 1980. The Morgan fingerprint density at radius 2 is 1.80 bits per heavy atom. The van der Waals surface area contributed by atoms with Gasteiger partial charge in [-0.3, -0.25) is 15.1 Å². The maximum atomic E-state index is 14.0. The third-order valence-corrected chi connectivity index (χ3v) is 6.51. The first kappa shape index (κ1) is 23.5. The Morgan fingerprint density at radius 1 is 0.900 bits per heavy atom. The molecule has 0 bridgehead atoms. The normalized spacial score (nSPS) is 11.3. The fourth-order valence-electron chi connectivity index (χ4n) is 4.63. The van der Waals surface area contributed by atoms with Gasteiger partial charge in [0, 0.05) is 35.0 Å². The third-order valence-electron chi connectivity index (χ3n) is 6.51. The van der Waals surface area contributed by atoms with Gasteiger partial charge in [0.05, 0.1) is 29.1 Å². The van der Waals surface area contributed by atoms with Crippen molar-refractivity contribution in [2.75, 3.05) is 0 Å². The van der Waals surface area contributed by atoms with Gasteiger partial charge in [-0.15, -0.1) is 0 Å². The average molecular weight is 530 g/mol. The van der Waals surface area contributed by atoms with Gasteiger partial charge in [0.2, 0.25) is 0 Å². The number of pyridine rings is 3. The van der Waals surface area contributed by atoms with E-state index in [1.165, 1.54) is 12.1 Å². The highest BCUT2D eigenvalue weighted by Crippen LogP contribution is 2.33. The van der Waals surface area contributed by atoms with Crippen molar-refractivity contribution in [1.29, 1.82) is 0 Å². The molecule has 0 atom stereocenters. The number of nitrogens with one attached hydrogen (secondary N) is 2. The van der Waals surface area contributed by atoms with Crippen molar-refractivity contribution in [1.82, 2.24) is 35.1 Å². The molecule has 0 unspecified atom stereocenters. The van der Waals surface area contributed by atoms with E-state index >= 15 is 0 Å². The first-order valence-corrected chi connectivity index (χ1v) is 12.4. The van der Waals surface area contributed by atoms with Crippen LogP contribution in [0.25, 0.3) is 56.0 Å². The van der Waals surface area contributed by atoms with Gasteiger partial charge >= 0.3 is 0 Å². The van der Waals surface area contributed by atoms with Crippen LogP contribution in [0.2, 0.25) is 0 Å². The number of hydrogen-bond donors (Lipinski definition) is 3. The Balaban J connectivity index is 1.25. The van der Waals surface area contributed by atoms with E-state index in [9.17, 15) is 9.50 Å². The number of phenols is 1. The van der Waals surface area contributed by atoms with Crippen LogP contribution >= 0.6 is 0 Å². The van der Waals surface area contributed by atoms with E-state index in [1.54, 1.807) is 30.9 Å². The summed E-state index contributed by atoms with van der Waals surface area (Å²) in [6, 6.07) is 19.4. The second kappa shape index (κ2) is 9.59. The second-order valence-electron chi connectivity index (χ2n) is 9.21. The monoisotopic (exact) mass is 529 g/mol. The minimum Gasteiger partial charge on any atom is -0.508 e. The minimum atomic E-state index is -0.540. The molecule has 0 amide bonds. The molecular weight excluding hydrogens is 509 g/mol. The van der Waals surface area contributed by atoms with Crippen molar-refractivity contribution in [2.45, 2.75) is 6.61 Å².